The first-order valence-corrected chi connectivity index (χ1v) is 5.40. The Morgan fingerprint density at radius 3 is 2.72 bits per heavy atom. The summed E-state index contributed by atoms with van der Waals surface area (Å²) in [5.41, 5.74) is 6.52. The molecule has 0 aliphatic heterocycles. The lowest BCUT2D eigenvalue weighted by atomic mass is 10.1. The minimum atomic E-state index is -0.649. The summed E-state index contributed by atoms with van der Waals surface area (Å²) in [6.07, 6.45) is 1.51. The van der Waals surface area contributed by atoms with Crippen molar-refractivity contribution in [1.82, 2.24) is 4.98 Å². The molecule has 94 valence electrons. The Bertz CT molecular complexity index is 558. The van der Waals surface area contributed by atoms with E-state index in [0.29, 0.717) is 0 Å². The predicted octanol–water partition coefficient (Wildman–Crippen LogP) is 3.17. The summed E-state index contributed by atoms with van der Waals surface area (Å²) in [6.45, 7) is 1.81. The van der Waals surface area contributed by atoms with Crippen molar-refractivity contribution in [3.05, 3.63) is 53.7 Å². The molecule has 0 saturated carbocycles. The Morgan fingerprint density at radius 1 is 1.22 bits per heavy atom. The number of ether oxygens (including phenoxy) is 1. The van der Waals surface area contributed by atoms with Crippen LogP contribution in [0, 0.1) is 11.6 Å². The Morgan fingerprint density at radius 2 is 2.00 bits per heavy atom. The molecule has 0 saturated heterocycles. The molecular formula is C13H12F2N2O. The maximum Gasteiger partial charge on any atom is 0.219 e. The average molecular weight is 250 g/mol. The summed E-state index contributed by atoms with van der Waals surface area (Å²) >= 11 is 0. The topological polar surface area (TPSA) is 48.1 Å². The van der Waals surface area contributed by atoms with E-state index in [9.17, 15) is 8.78 Å². The summed E-state index contributed by atoms with van der Waals surface area (Å²) in [5.74, 6) is -1.25. The Kier molecular flexibility index (Phi) is 3.53. The van der Waals surface area contributed by atoms with Crippen LogP contribution in [-0.4, -0.2) is 4.98 Å². The molecule has 1 atom stereocenters. The number of pyridine rings is 1. The van der Waals surface area contributed by atoms with Crippen LogP contribution in [0.3, 0.4) is 0 Å². The summed E-state index contributed by atoms with van der Waals surface area (Å²) in [5, 5.41) is 0. The predicted molar refractivity (Wildman–Crippen MR) is 63.3 cm³/mol. The van der Waals surface area contributed by atoms with E-state index in [1.807, 2.05) is 6.92 Å². The van der Waals surface area contributed by atoms with E-state index in [1.54, 1.807) is 12.1 Å². The first-order valence-electron chi connectivity index (χ1n) is 5.40. The first-order chi connectivity index (χ1) is 8.56. The molecule has 2 rings (SSSR count). The summed E-state index contributed by atoms with van der Waals surface area (Å²) in [6, 6.07) is 6.13. The van der Waals surface area contributed by atoms with Gasteiger partial charge in [-0.3, -0.25) is 0 Å². The summed E-state index contributed by atoms with van der Waals surface area (Å²) < 4.78 is 31.5. The Labute approximate surface area is 103 Å². The van der Waals surface area contributed by atoms with Crippen LogP contribution in [0.1, 0.15) is 18.5 Å². The highest BCUT2D eigenvalue weighted by molar-refractivity contribution is 5.31. The van der Waals surface area contributed by atoms with Gasteiger partial charge in [0, 0.05) is 24.4 Å². The maximum atomic E-state index is 13.4. The standard InChI is InChI=1S/C13H12F2N2O/c1-8(16)9-4-5-17-13(6-9)18-12-7-10(14)2-3-11(12)15/h2-8H,16H2,1H3. The van der Waals surface area contributed by atoms with Gasteiger partial charge in [-0.2, -0.15) is 0 Å². The molecule has 0 bridgehead atoms. The van der Waals surface area contributed by atoms with E-state index in [1.165, 1.54) is 6.20 Å². The van der Waals surface area contributed by atoms with Gasteiger partial charge in [-0.1, -0.05) is 0 Å². The van der Waals surface area contributed by atoms with Crippen LogP contribution in [0.25, 0.3) is 0 Å². The number of nitrogens with zero attached hydrogens (tertiary/aromatic N) is 1. The van der Waals surface area contributed by atoms with Gasteiger partial charge in [0.1, 0.15) is 5.82 Å². The molecule has 0 spiro atoms. The normalized spacial score (nSPS) is 12.2. The fraction of sp³-hybridized carbons (Fsp3) is 0.154. The lowest BCUT2D eigenvalue weighted by Crippen LogP contribution is -2.05. The zero-order chi connectivity index (χ0) is 13.1. The number of hydrogen-bond acceptors (Lipinski definition) is 3. The van der Waals surface area contributed by atoms with E-state index < -0.39 is 11.6 Å². The number of rotatable bonds is 3. The van der Waals surface area contributed by atoms with Crippen molar-refractivity contribution in [3.8, 4) is 11.6 Å². The van der Waals surface area contributed by atoms with E-state index in [2.05, 4.69) is 4.98 Å². The van der Waals surface area contributed by atoms with Crippen molar-refractivity contribution in [1.29, 1.82) is 0 Å². The van der Waals surface area contributed by atoms with Gasteiger partial charge < -0.3 is 10.5 Å². The SMILES string of the molecule is CC(N)c1ccnc(Oc2cc(F)ccc2F)c1. The van der Waals surface area contributed by atoms with Crippen LogP contribution in [-0.2, 0) is 0 Å². The molecule has 0 aliphatic rings. The van der Waals surface area contributed by atoms with Crippen molar-refractivity contribution in [2.24, 2.45) is 5.73 Å². The van der Waals surface area contributed by atoms with E-state index in [-0.39, 0.29) is 17.7 Å². The smallest absolute Gasteiger partial charge is 0.219 e. The molecule has 2 N–H and O–H groups in total. The average Bonchev–Trinajstić information content (AvgIpc) is 2.34. The number of hydrogen-bond donors (Lipinski definition) is 1. The van der Waals surface area contributed by atoms with Gasteiger partial charge in [-0.05, 0) is 30.7 Å². The second-order valence-corrected chi connectivity index (χ2v) is 3.89. The summed E-state index contributed by atoms with van der Waals surface area (Å²) in [4.78, 5) is 3.92. The lowest BCUT2D eigenvalue weighted by Gasteiger charge is -2.09. The van der Waals surface area contributed by atoms with Crippen molar-refractivity contribution >= 4 is 0 Å². The molecule has 0 fully saturated rings. The highest BCUT2D eigenvalue weighted by Crippen LogP contribution is 2.25. The molecule has 2 aromatic rings. The Balaban J connectivity index is 2.28. The minimum Gasteiger partial charge on any atom is -0.436 e. The molecule has 5 heteroatoms. The zero-order valence-electron chi connectivity index (χ0n) is 9.73. The minimum absolute atomic E-state index is 0.175. The molecule has 1 aromatic heterocycles. The molecule has 0 amide bonds. The molecule has 0 radical (unpaired) electrons. The molecule has 1 unspecified atom stereocenters. The molecular weight excluding hydrogens is 238 g/mol. The van der Waals surface area contributed by atoms with E-state index in [4.69, 9.17) is 10.5 Å². The van der Waals surface area contributed by atoms with Gasteiger partial charge >= 0.3 is 0 Å². The van der Waals surface area contributed by atoms with E-state index in [0.717, 1.165) is 23.8 Å². The monoisotopic (exact) mass is 250 g/mol. The highest BCUT2D eigenvalue weighted by atomic mass is 19.1. The van der Waals surface area contributed by atoms with Gasteiger partial charge in [-0.15, -0.1) is 0 Å². The van der Waals surface area contributed by atoms with Gasteiger partial charge in [0.25, 0.3) is 0 Å². The van der Waals surface area contributed by atoms with Crippen molar-refractivity contribution in [2.75, 3.05) is 0 Å². The maximum absolute atomic E-state index is 13.4. The van der Waals surface area contributed by atoms with Gasteiger partial charge in [0.2, 0.25) is 5.88 Å². The second kappa shape index (κ2) is 5.10. The molecule has 3 nitrogen and oxygen atoms in total. The quantitative estimate of drug-likeness (QED) is 0.910. The Hall–Kier alpha value is -2.01. The van der Waals surface area contributed by atoms with Crippen LogP contribution in [0.5, 0.6) is 11.6 Å². The van der Waals surface area contributed by atoms with Crippen molar-refractivity contribution in [3.63, 3.8) is 0 Å². The van der Waals surface area contributed by atoms with Gasteiger partial charge in [-0.25, -0.2) is 13.8 Å². The van der Waals surface area contributed by atoms with Crippen molar-refractivity contribution < 1.29 is 13.5 Å². The third-order valence-corrected chi connectivity index (χ3v) is 2.39. The van der Waals surface area contributed by atoms with Gasteiger partial charge in [0.05, 0.1) is 0 Å². The highest BCUT2D eigenvalue weighted by Gasteiger charge is 2.08. The lowest BCUT2D eigenvalue weighted by molar-refractivity contribution is 0.421. The van der Waals surface area contributed by atoms with Crippen LogP contribution in [0.15, 0.2) is 36.5 Å². The fourth-order valence-electron chi connectivity index (χ4n) is 1.43. The van der Waals surface area contributed by atoms with E-state index >= 15 is 0 Å². The first kappa shape index (κ1) is 12.4. The third kappa shape index (κ3) is 2.81. The molecule has 1 aromatic carbocycles. The zero-order valence-corrected chi connectivity index (χ0v) is 9.73. The van der Waals surface area contributed by atoms with Crippen LogP contribution < -0.4 is 10.5 Å². The number of nitrogens with two attached hydrogens (primary N) is 1. The molecule has 1 heterocycles. The number of benzene rings is 1. The van der Waals surface area contributed by atoms with Crippen molar-refractivity contribution in [2.45, 2.75) is 13.0 Å². The number of aromatic nitrogens is 1. The largest absolute Gasteiger partial charge is 0.436 e. The fourth-order valence-corrected chi connectivity index (χ4v) is 1.43. The van der Waals surface area contributed by atoms with Gasteiger partial charge in [0.15, 0.2) is 11.6 Å². The third-order valence-electron chi connectivity index (χ3n) is 2.39. The van der Waals surface area contributed by atoms with Crippen LogP contribution in [0.4, 0.5) is 8.78 Å². The summed E-state index contributed by atoms with van der Waals surface area (Å²) in [7, 11) is 0. The van der Waals surface area contributed by atoms with Crippen LogP contribution in [0.2, 0.25) is 0 Å². The second-order valence-electron chi connectivity index (χ2n) is 3.89. The molecule has 0 aliphatic carbocycles. The van der Waals surface area contributed by atoms with Crippen LogP contribution >= 0.6 is 0 Å². The molecule has 18 heavy (non-hydrogen) atoms. The number of halogens is 2.